The predicted octanol–water partition coefficient (Wildman–Crippen LogP) is 4.14. The molecule has 1 aliphatic rings. The van der Waals surface area contributed by atoms with Crippen molar-refractivity contribution in [1.82, 2.24) is 15.3 Å². The maximum absolute atomic E-state index is 13.4. The number of nitrogens with one attached hydrogen (secondary N) is 2. The van der Waals surface area contributed by atoms with E-state index in [-0.39, 0.29) is 9.66 Å². The van der Waals surface area contributed by atoms with Gasteiger partial charge in [0.05, 0.1) is 0 Å². The van der Waals surface area contributed by atoms with Crippen LogP contribution >= 0.6 is 0 Å². The first-order valence-electron chi connectivity index (χ1n) is 10.3. The van der Waals surface area contributed by atoms with E-state index in [4.69, 9.17) is 0 Å². The van der Waals surface area contributed by atoms with E-state index in [0.717, 1.165) is 49.2 Å². The van der Waals surface area contributed by atoms with Gasteiger partial charge in [0.2, 0.25) is 0 Å². The van der Waals surface area contributed by atoms with Crippen LogP contribution < -0.4 is 19.2 Å². The summed E-state index contributed by atoms with van der Waals surface area (Å²) >= 11 is -3.12. The van der Waals surface area contributed by atoms with Gasteiger partial charge < -0.3 is 0 Å². The van der Waals surface area contributed by atoms with Crippen molar-refractivity contribution in [2.45, 2.75) is 47.3 Å². The number of hydrogen-bond donors (Lipinski definition) is 2. The first-order valence-corrected chi connectivity index (χ1v) is 20.3. The Morgan fingerprint density at radius 1 is 1.27 bits per heavy atom. The van der Waals surface area contributed by atoms with Crippen LogP contribution in [0.1, 0.15) is 25.0 Å². The Morgan fingerprint density at radius 2 is 2.00 bits per heavy atom. The van der Waals surface area contributed by atoms with Gasteiger partial charge in [-0.3, -0.25) is 0 Å². The molecule has 1 fully saturated rings. The second-order valence-electron chi connectivity index (χ2n) is 8.77. The van der Waals surface area contributed by atoms with Crippen LogP contribution in [-0.2, 0) is 12.6 Å². The Hall–Kier alpha value is -1.55. The number of aromatic nitrogens is 2. The van der Waals surface area contributed by atoms with E-state index in [0.29, 0.717) is 6.04 Å². The van der Waals surface area contributed by atoms with Gasteiger partial charge in [-0.2, -0.15) is 0 Å². The van der Waals surface area contributed by atoms with E-state index in [1.54, 1.807) is 0 Å². The number of piperazine rings is 1. The van der Waals surface area contributed by atoms with Crippen LogP contribution in [-0.4, -0.2) is 54.0 Å². The third-order valence-corrected chi connectivity index (χ3v) is 10.5. The Kier molecular flexibility index (Phi) is 6.86. The van der Waals surface area contributed by atoms with Crippen molar-refractivity contribution < 1.29 is 13.2 Å². The molecule has 1 aliphatic heterocycles. The molecule has 0 spiro atoms. The Balaban J connectivity index is 1.92. The molecular formula is C21H30F3N5Sn. The Morgan fingerprint density at radius 3 is 2.60 bits per heavy atom. The molecule has 2 aromatic rings. The monoisotopic (exact) mass is 529 g/mol. The van der Waals surface area contributed by atoms with Crippen molar-refractivity contribution in [3.63, 3.8) is 0 Å². The number of nitrogens with zero attached hydrogens (tertiary/aromatic N) is 3. The van der Waals surface area contributed by atoms with Gasteiger partial charge >= 0.3 is 181 Å². The van der Waals surface area contributed by atoms with Crippen LogP contribution in [0.15, 0.2) is 24.4 Å². The number of benzene rings is 1. The Labute approximate surface area is 180 Å². The molecule has 1 saturated heterocycles. The SMILES string of the molecule is CCc1cc(N2CCNCC2C)ccc1Nc1ncc(C(F)(F)F)[c]([Sn]([CH3])([CH3])[CH3])n1. The summed E-state index contributed by atoms with van der Waals surface area (Å²) in [4.78, 5) is 16.5. The number of aryl methyl sites for hydroxylation is 1. The van der Waals surface area contributed by atoms with Gasteiger partial charge in [-0.25, -0.2) is 0 Å². The summed E-state index contributed by atoms with van der Waals surface area (Å²) in [5.74, 6) is 0.225. The zero-order valence-corrected chi connectivity index (χ0v) is 21.0. The maximum atomic E-state index is 13.4. The van der Waals surface area contributed by atoms with Crippen LogP contribution in [0.2, 0.25) is 14.8 Å². The molecule has 9 heteroatoms. The number of halogens is 3. The van der Waals surface area contributed by atoms with Gasteiger partial charge in [-0.15, -0.1) is 0 Å². The van der Waals surface area contributed by atoms with Crippen molar-refractivity contribution in [2.24, 2.45) is 0 Å². The fraction of sp³-hybridized carbons (Fsp3) is 0.524. The minimum atomic E-state index is -4.44. The molecule has 0 aliphatic carbocycles. The summed E-state index contributed by atoms with van der Waals surface area (Å²) in [7, 11) is 0. The van der Waals surface area contributed by atoms with Gasteiger partial charge in [0, 0.05) is 0 Å². The van der Waals surface area contributed by atoms with Crippen LogP contribution in [0, 0.1) is 0 Å². The molecule has 1 aromatic carbocycles. The molecule has 1 unspecified atom stereocenters. The quantitative estimate of drug-likeness (QED) is 0.572. The molecule has 30 heavy (non-hydrogen) atoms. The number of alkyl halides is 3. The summed E-state index contributed by atoms with van der Waals surface area (Å²) in [6.45, 7) is 7.10. The van der Waals surface area contributed by atoms with E-state index in [9.17, 15) is 13.2 Å². The molecule has 2 heterocycles. The van der Waals surface area contributed by atoms with Crippen molar-refractivity contribution in [1.29, 1.82) is 0 Å². The van der Waals surface area contributed by atoms with E-state index in [1.165, 1.54) is 0 Å². The van der Waals surface area contributed by atoms with Crippen molar-refractivity contribution in [3.05, 3.63) is 35.5 Å². The van der Waals surface area contributed by atoms with E-state index in [1.807, 2.05) is 20.9 Å². The summed E-state index contributed by atoms with van der Waals surface area (Å²) < 4.78 is 40.5. The number of rotatable bonds is 5. The van der Waals surface area contributed by atoms with Crippen molar-refractivity contribution >= 4 is 39.4 Å². The predicted molar refractivity (Wildman–Crippen MR) is 119 cm³/mol. The van der Waals surface area contributed by atoms with E-state index < -0.39 is 30.1 Å². The fourth-order valence-electron chi connectivity index (χ4n) is 3.74. The number of hydrogen-bond acceptors (Lipinski definition) is 5. The first-order chi connectivity index (χ1) is 14.0. The average molecular weight is 528 g/mol. The van der Waals surface area contributed by atoms with E-state index >= 15 is 0 Å². The second-order valence-corrected chi connectivity index (χ2v) is 23.0. The van der Waals surface area contributed by atoms with Crippen molar-refractivity contribution in [3.8, 4) is 0 Å². The minimum absolute atomic E-state index is 0.193. The standard InChI is InChI=1S/C18H21F3N5.3CH3.Sn/c1-3-13-8-15(26-7-6-22-9-12(26)2)4-5-16(13)25-17-23-10-14(11-24-17)18(19,20)21;;;;/h4-5,8,10,12,22H,3,6-7,9H2,1-2H3,(H,23,24,25);3*1H3;. The average Bonchev–Trinajstić information content (AvgIpc) is 2.67. The van der Waals surface area contributed by atoms with Gasteiger partial charge in [0.15, 0.2) is 0 Å². The van der Waals surface area contributed by atoms with Crippen LogP contribution in [0.5, 0.6) is 0 Å². The molecule has 2 N–H and O–H groups in total. The Bertz CT molecular complexity index is 895. The topological polar surface area (TPSA) is 53.1 Å². The number of anilines is 3. The molecule has 0 amide bonds. The summed E-state index contributed by atoms with van der Waals surface area (Å²) in [5.41, 5.74) is 2.38. The zero-order valence-electron chi connectivity index (χ0n) is 18.2. The first kappa shape index (κ1) is 23.1. The van der Waals surface area contributed by atoms with Gasteiger partial charge in [-0.05, 0) is 0 Å². The van der Waals surface area contributed by atoms with Gasteiger partial charge in [0.25, 0.3) is 0 Å². The fourth-order valence-corrected chi connectivity index (χ4v) is 7.89. The molecule has 5 nitrogen and oxygen atoms in total. The van der Waals surface area contributed by atoms with Crippen LogP contribution in [0.3, 0.4) is 0 Å². The third-order valence-electron chi connectivity index (χ3n) is 5.35. The summed E-state index contributed by atoms with van der Waals surface area (Å²) in [6.07, 6.45) is -2.72. The molecule has 1 aromatic heterocycles. The van der Waals surface area contributed by atoms with Crippen molar-refractivity contribution in [2.75, 3.05) is 29.9 Å². The summed E-state index contributed by atoms with van der Waals surface area (Å²) in [6, 6.07) is 6.58. The van der Waals surface area contributed by atoms with E-state index in [2.05, 4.69) is 51.5 Å². The molecule has 0 radical (unpaired) electrons. The molecule has 0 bridgehead atoms. The molecule has 3 rings (SSSR count). The third kappa shape index (κ3) is 5.19. The molecule has 1 atom stereocenters. The van der Waals surface area contributed by atoms with Gasteiger partial charge in [-0.1, -0.05) is 0 Å². The van der Waals surface area contributed by atoms with Crippen LogP contribution in [0.4, 0.5) is 30.5 Å². The van der Waals surface area contributed by atoms with Gasteiger partial charge in [0.1, 0.15) is 0 Å². The second kappa shape index (κ2) is 8.90. The van der Waals surface area contributed by atoms with Crippen LogP contribution in [0.25, 0.3) is 0 Å². The normalized spacial score (nSPS) is 17.9. The zero-order chi connectivity index (χ0) is 22.1. The summed E-state index contributed by atoms with van der Waals surface area (Å²) in [5, 5.41) is 6.56. The molecular weight excluding hydrogens is 498 g/mol. The molecule has 164 valence electrons. The molecule has 0 saturated carbocycles.